The lowest BCUT2D eigenvalue weighted by molar-refractivity contribution is -0.138. The first-order valence-corrected chi connectivity index (χ1v) is 2.34. The molecule has 47 valence electrons. The summed E-state index contributed by atoms with van der Waals surface area (Å²) in [5.41, 5.74) is 0. The predicted octanol–water partition coefficient (Wildman–Crippen LogP) is 0.658. The third kappa shape index (κ3) is 5.43. The van der Waals surface area contributed by atoms with E-state index in [4.69, 9.17) is 5.11 Å². The second kappa shape index (κ2) is 3.43. The molecule has 0 aromatic carbocycles. The molecule has 0 saturated carbocycles. The SMILES string of the molecule is CC(C)O[CH]C(=O)O. The molecule has 8 heavy (non-hydrogen) atoms. The highest BCUT2D eigenvalue weighted by atomic mass is 16.5. The molecular weight excluding hydrogens is 108 g/mol. The van der Waals surface area contributed by atoms with Crippen LogP contribution in [0, 0.1) is 6.61 Å². The maximum Gasteiger partial charge on any atom is 0.336 e. The van der Waals surface area contributed by atoms with Crippen molar-refractivity contribution in [1.82, 2.24) is 0 Å². The van der Waals surface area contributed by atoms with Gasteiger partial charge in [-0.15, -0.1) is 0 Å². The Kier molecular flexibility index (Phi) is 3.19. The van der Waals surface area contributed by atoms with Crippen molar-refractivity contribution in [2.45, 2.75) is 20.0 Å². The first-order chi connectivity index (χ1) is 3.63. The van der Waals surface area contributed by atoms with E-state index >= 15 is 0 Å². The third-order valence-corrected chi connectivity index (χ3v) is 0.441. The summed E-state index contributed by atoms with van der Waals surface area (Å²) in [7, 11) is 0. The lowest BCUT2D eigenvalue weighted by Gasteiger charge is -2.00. The van der Waals surface area contributed by atoms with Gasteiger partial charge in [-0.2, -0.15) is 0 Å². The zero-order valence-corrected chi connectivity index (χ0v) is 4.92. The normalized spacial score (nSPS) is 9.88. The first kappa shape index (κ1) is 7.43. The van der Waals surface area contributed by atoms with Crippen molar-refractivity contribution in [3.63, 3.8) is 0 Å². The third-order valence-electron chi connectivity index (χ3n) is 0.441. The van der Waals surface area contributed by atoms with Gasteiger partial charge in [0, 0.05) is 0 Å². The Balaban J connectivity index is 3.05. The molecule has 0 aliphatic heterocycles. The van der Waals surface area contributed by atoms with Crippen LogP contribution in [-0.4, -0.2) is 17.2 Å². The van der Waals surface area contributed by atoms with Crippen LogP contribution in [0.25, 0.3) is 0 Å². The molecule has 0 heterocycles. The molecule has 3 heteroatoms. The van der Waals surface area contributed by atoms with Crippen LogP contribution in [0.5, 0.6) is 0 Å². The highest BCUT2D eigenvalue weighted by molar-refractivity contribution is 5.74. The Bertz CT molecular complexity index is 77.7. The fourth-order valence-corrected chi connectivity index (χ4v) is 0.194. The van der Waals surface area contributed by atoms with Crippen LogP contribution in [-0.2, 0) is 9.53 Å². The average molecular weight is 117 g/mol. The molecule has 3 nitrogen and oxygen atoms in total. The van der Waals surface area contributed by atoms with Crippen LogP contribution < -0.4 is 0 Å². The van der Waals surface area contributed by atoms with Crippen LogP contribution >= 0.6 is 0 Å². The van der Waals surface area contributed by atoms with Gasteiger partial charge in [-0.1, -0.05) is 0 Å². The molecule has 0 aliphatic rings. The van der Waals surface area contributed by atoms with Gasteiger partial charge in [-0.25, -0.2) is 4.79 Å². The van der Waals surface area contributed by atoms with Gasteiger partial charge in [0.05, 0.1) is 6.10 Å². The summed E-state index contributed by atoms with van der Waals surface area (Å²) < 4.78 is 4.58. The van der Waals surface area contributed by atoms with Crippen molar-refractivity contribution in [1.29, 1.82) is 0 Å². The molecule has 1 radical (unpaired) electrons. The van der Waals surface area contributed by atoms with Crippen molar-refractivity contribution in [3.8, 4) is 0 Å². The van der Waals surface area contributed by atoms with Gasteiger partial charge in [0.25, 0.3) is 0 Å². The van der Waals surface area contributed by atoms with Gasteiger partial charge in [-0.05, 0) is 13.8 Å². The second-order valence-corrected chi connectivity index (χ2v) is 1.64. The predicted molar refractivity (Wildman–Crippen MR) is 28.2 cm³/mol. The van der Waals surface area contributed by atoms with Crippen LogP contribution in [0.4, 0.5) is 0 Å². The van der Waals surface area contributed by atoms with E-state index in [1.54, 1.807) is 13.8 Å². The lowest BCUT2D eigenvalue weighted by atomic mass is 10.5. The largest absolute Gasteiger partial charge is 0.479 e. The fraction of sp³-hybridized carbons (Fsp3) is 0.600. The van der Waals surface area contributed by atoms with Crippen molar-refractivity contribution in [2.75, 3.05) is 0 Å². The Morgan fingerprint density at radius 1 is 1.75 bits per heavy atom. The zero-order valence-electron chi connectivity index (χ0n) is 4.92. The number of carbonyl (C=O) groups is 1. The van der Waals surface area contributed by atoms with Crippen molar-refractivity contribution in [3.05, 3.63) is 6.61 Å². The zero-order chi connectivity index (χ0) is 6.57. The maximum absolute atomic E-state index is 9.72. The average Bonchev–Trinajstić information content (AvgIpc) is 1.61. The van der Waals surface area contributed by atoms with Gasteiger partial charge in [-0.3, -0.25) is 0 Å². The molecule has 1 N–H and O–H groups in total. The number of aliphatic carboxylic acids is 1. The summed E-state index contributed by atoms with van der Waals surface area (Å²) in [4.78, 5) is 9.72. The van der Waals surface area contributed by atoms with Crippen molar-refractivity contribution in [2.24, 2.45) is 0 Å². The summed E-state index contributed by atoms with van der Waals surface area (Å²) in [6.07, 6.45) is -0.0499. The van der Waals surface area contributed by atoms with E-state index in [1.165, 1.54) is 0 Å². The summed E-state index contributed by atoms with van der Waals surface area (Å²) in [6.45, 7) is 4.31. The van der Waals surface area contributed by atoms with Gasteiger partial charge >= 0.3 is 5.97 Å². The first-order valence-electron chi connectivity index (χ1n) is 2.34. The molecule has 0 aliphatic carbocycles. The fourth-order valence-electron chi connectivity index (χ4n) is 0.194. The minimum Gasteiger partial charge on any atom is -0.479 e. The smallest absolute Gasteiger partial charge is 0.336 e. The summed E-state index contributed by atoms with van der Waals surface area (Å²) in [6, 6.07) is 0. The monoisotopic (exact) mass is 117 g/mol. The Hall–Kier alpha value is -0.570. The Labute approximate surface area is 48.3 Å². The van der Waals surface area contributed by atoms with Crippen LogP contribution in [0.2, 0.25) is 0 Å². The minimum absolute atomic E-state index is 0.0499. The molecule has 0 aromatic rings. The summed E-state index contributed by atoms with van der Waals surface area (Å²) in [5, 5.41) is 7.98. The lowest BCUT2D eigenvalue weighted by Crippen LogP contribution is -2.05. The van der Waals surface area contributed by atoms with Crippen molar-refractivity contribution >= 4 is 5.97 Å². The van der Waals surface area contributed by atoms with Gasteiger partial charge in [0.1, 0.15) is 0 Å². The van der Waals surface area contributed by atoms with Gasteiger partial charge in [0.2, 0.25) is 0 Å². The molecule has 0 unspecified atom stereocenters. The number of rotatable bonds is 3. The number of carboxylic acid groups (broad SMARTS) is 1. The second-order valence-electron chi connectivity index (χ2n) is 1.64. The van der Waals surface area contributed by atoms with E-state index in [-0.39, 0.29) is 6.10 Å². The van der Waals surface area contributed by atoms with E-state index in [0.29, 0.717) is 0 Å². The number of hydrogen-bond donors (Lipinski definition) is 1. The quantitative estimate of drug-likeness (QED) is 0.590. The molecule has 0 atom stereocenters. The maximum atomic E-state index is 9.72. The van der Waals surface area contributed by atoms with Gasteiger partial charge in [0.15, 0.2) is 6.61 Å². The van der Waals surface area contributed by atoms with E-state index in [0.717, 1.165) is 6.61 Å². The topological polar surface area (TPSA) is 46.5 Å². The molecule has 0 fully saturated rings. The summed E-state index contributed by atoms with van der Waals surface area (Å²) in [5.74, 6) is -1.04. The van der Waals surface area contributed by atoms with Crippen LogP contribution in [0.15, 0.2) is 0 Å². The number of hydrogen-bond acceptors (Lipinski definition) is 2. The van der Waals surface area contributed by atoms with E-state index in [1.807, 2.05) is 0 Å². The Morgan fingerprint density at radius 3 is 2.38 bits per heavy atom. The summed E-state index contributed by atoms with van der Waals surface area (Å²) >= 11 is 0. The van der Waals surface area contributed by atoms with Gasteiger partial charge < -0.3 is 9.84 Å². The molecule has 0 bridgehead atoms. The number of carboxylic acids is 1. The highest BCUT2D eigenvalue weighted by Gasteiger charge is 1.98. The molecule has 0 spiro atoms. The standard InChI is InChI=1S/C5H9O3/c1-4(2)8-3-5(6)7/h3-4H,1-2H3,(H,6,7). The van der Waals surface area contributed by atoms with E-state index in [9.17, 15) is 4.79 Å². The molecule has 0 saturated heterocycles. The molecular formula is C5H9O3. The van der Waals surface area contributed by atoms with E-state index < -0.39 is 5.97 Å². The van der Waals surface area contributed by atoms with Crippen LogP contribution in [0.1, 0.15) is 13.8 Å². The molecule has 0 aromatic heterocycles. The molecule has 0 amide bonds. The minimum atomic E-state index is -1.04. The van der Waals surface area contributed by atoms with Crippen molar-refractivity contribution < 1.29 is 14.6 Å². The van der Waals surface area contributed by atoms with Crippen LogP contribution in [0.3, 0.4) is 0 Å². The Morgan fingerprint density at radius 2 is 2.25 bits per heavy atom. The molecule has 0 rings (SSSR count). The highest BCUT2D eigenvalue weighted by Crippen LogP contribution is 1.89. The number of ether oxygens (including phenoxy) is 1. The van der Waals surface area contributed by atoms with E-state index in [2.05, 4.69) is 4.74 Å².